The van der Waals surface area contributed by atoms with Gasteiger partial charge in [-0.2, -0.15) is 0 Å². The second-order valence-electron chi connectivity index (χ2n) is 10.1. The highest BCUT2D eigenvalue weighted by Gasteiger charge is 2.48. The van der Waals surface area contributed by atoms with Crippen LogP contribution in [0.1, 0.15) is 44.9 Å². The average molecular weight is 409 g/mol. The van der Waals surface area contributed by atoms with Crippen LogP contribution >= 0.6 is 0 Å². The molecule has 1 amide bonds. The molecule has 4 fully saturated rings. The number of aromatic amines is 1. The molecule has 1 aromatic carbocycles. The van der Waals surface area contributed by atoms with Crippen molar-refractivity contribution in [3.63, 3.8) is 0 Å². The Bertz CT molecular complexity index is 1010. The van der Waals surface area contributed by atoms with Gasteiger partial charge in [-0.25, -0.2) is 4.79 Å². The highest BCUT2D eigenvalue weighted by atomic mass is 16.2. The number of carbonyl (C=O) groups is 1. The summed E-state index contributed by atoms with van der Waals surface area (Å²) in [6.07, 6.45) is 8.63. The fourth-order valence-electron chi connectivity index (χ4n) is 6.73. The average Bonchev–Trinajstić information content (AvgIpc) is 3.54. The normalized spacial score (nSPS) is 31.7. The van der Waals surface area contributed by atoms with Crippen LogP contribution in [0.4, 0.5) is 0 Å². The van der Waals surface area contributed by atoms with Gasteiger partial charge in [0.15, 0.2) is 0 Å². The third-order valence-corrected chi connectivity index (χ3v) is 8.18. The molecule has 6 rings (SSSR count). The van der Waals surface area contributed by atoms with Crippen LogP contribution in [0.5, 0.6) is 0 Å². The third kappa shape index (κ3) is 3.20. The molecule has 1 aromatic heterocycles. The molecule has 3 saturated heterocycles. The Balaban J connectivity index is 1.13. The molecular weight excluding hydrogens is 376 g/mol. The molecule has 1 aliphatic carbocycles. The van der Waals surface area contributed by atoms with E-state index in [0.717, 1.165) is 36.1 Å². The second-order valence-corrected chi connectivity index (χ2v) is 10.1. The van der Waals surface area contributed by atoms with Gasteiger partial charge in [-0.15, -0.1) is 0 Å². The maximum Gasteiger partial charge on any atom is 0.326 e. The number of amides is 1. The van der Waals surface area contributed by atoms with E-state index in [9.17, 15) is 9.59 Å². The van der Waals surface area contributed by atoms with E-state index in [1.54, 1.807) is 4.57 Å². The first-order chi connectivity index (χ1) is 14.7. The summed E-state index contributed by atoms with van der Waals surface area (Å²) < 4.78 is 1.71. The number of carbonyl (C=O) groups excluding carboxylic acids is 1. The van der Waals surface area contributed by atoms with Crippen molar-refractivity contribution < 1.29 is 4.79 Å². The number of para-hydroxylation sites is 2. The number of likely N-dealkylation sites (tertiary alicyclic amines) is 1. The maximum atomic E-state index is 13.1. The molecule has 6 nitrogen and oxygen atoms in total. The first-order valence-corrected chi connectivity index (χ1v) is 11.9. The number of hydrogen-bond acceptors (Lipinski definition) is 3. The summed E-state index contributed by atoms with van der Waals surface area (Å²) in [5.74, 6) is 2.43. The summed E-state index contributed by atoms with van der Waals surface area (Å²) in [6, 6.07) is 9.22. The lowest BCUT2D eigenvalue weighted by Gasteiger charge is -2.55. The van der Waals surface area contributed by atoms with Crippen LogP contribution in [0.3, 0.4) is 0 Å². The first kappa shape index (κ1) is 18.7. The van der Waals surface area contributed by atoms with Gasteiger partial charge < -0.3 is 9.88 Å². The Hall–Kier alpha value is -2.08. The van der Waals surface area contributed by atoms with E-state index < -0.39 is 0 Å². The van der Waals surface area contributed by atoms with Crippen LogP contribution in [-0.4, -0.2) is 57.0 Å². The van der Waals surface area contributed by atoms with Crippen LogP contribution in [0.25, 0.3) is 11.0 Å². The summed E-state index contributed by atoms with van der Waals surface area (Å²) in [4.78, 5) is 33.3. The van der Waals surface area contributed by atoms with Gasteiger partial charge >= 0.3 is 5.69 Å². The van der Waals surface area contributed by atoms with E-state index in [1.165, 1.54) is 45.1 Å². The molecule has 2 aromatic rings. The minimum Gasteiger partial charge on any atom is -0.342 e. The summed E-state index contributed by atoms with van der Waals surface area (Å²) in [6.45, 7) is 3.45. The van der Waals surface area contributed by atoms with Crippen LogP contribution in [-0.2, 0) is 11.3 Å². The fraction of sp³-hybridized carbons (Fsp3) is 0.667. The lowest BCUT2D eigenvalue weighted by Crippen LogP contribution is -2.62. The van der Waals surface area contributed by atoms with Gasteiger partial charge in [0, 0.05) is 44.7 Å². The van der Waals surface area contributed by atoms with Crippen molar-refractivity contribution in [2.24, 2.45) is 17.8 Å². The molecule has 0 unspecified atom stereocenters. The van der Waals surface area contributed by atoms with Gasteiger partial charge in [0.25, 0.3) is 0 Å². The van der Waals surface area contributed by atoms with Crippen molar-refractivity contribution in [2.75, 3.05) is 19.6 Å². The van der Waals surface area contributed by atoms with E-state index in [4.69, 9.17) is 0 Å². The zero-order chi connectivity index (χ0) is 20.2. The molecule has 30 heavy (non-hydrogen) atoms. The fourth-order valence-corrected chi connectivity index (χ4v) is 6.73. The molecule has 4 aliphatic rings. The van der Waals surface area contributed by atoms with Crippen molar-refractivity contribution in [1.29, 1.82) is 0 Å². The van der Waals surface area contributed by atoms with Crippen molar-refractivity contribution >= 4 is 16.9 Å². The topological polar surface area (TPSA) is 61.3 Å². The number of aromatic nitrogens is 2. The Morgan fingerprint density at radius 2 is 1.80 bits per heavy atom. The predicted octanol–water partition coefficient (Wildman–Crippen LogP) is 2.83. The number of fused-ring (bicyclic) bond motifs is 5. The van der Waals surface area contributed by atoms with Gasteiger partial charge in [-0.05, 0) is 62.0 Å². The minimum atomic E-state index is -0.122. The molecule has 0 spiro atoms. The van der Waals surface area contributed by atoms with Gasteiger partial charge in [0.2, 0.25) is 5.91 Å². The largest absolute Gasteiger partial charge is 0.342 e. The Morgan fingerprint density at radius 3 is 2.63 bits per heavy atom. The number of nitrogens with zero attached hydrogens (tertiary/aromatic N) is 3. The summed E-state index contributed by atoms with van der Waals surface area (Å²) in [7, 11) is 0. The minimum absolute atomic E-state index is 0.122. The molecule has 0 radical (unpaired) electrons. The molecule has 3 aliphatic heterocycles. The van der Waals surface area contributed by atoms with Crippen LogP contribution in [0, 0.1) is 17.8 Å². The number of H-pyrrole nitrogens is 1. The van der Waals surface area contributed by atoms with E-state index in [0.29, 0.717) is 30.8 Å². The summed E-state index contributed by atoms with van der Waals surface area (Å²) >= 11 is 0. The quantitative estimate of drug-likeness (QED) is 0.846. The summed E-state index contributed by atoms with van der Waals surface area (Å²) in [5, 5.41) is 0. The Labute approximate surface area is 177 Å². The SMILES string of the molecule is O=C(CCn1c(=O)[nH]c2ccccc21)N1C[C@@H]2C[C@H](C1)[C@@H]1CCC[C@H](C3CC3)N1C2. The molecule has 4 heterocycles. The predicted molar refractivity (Wildman–Crippen MR) is 116 cm³/mol. The van der Waals surface area contributed by atoms with Gasteiger partial charge in [-0.1, -0.05) is 18.6 Å². The highest BCUT2D eigenvalue weighted by Crippen LogP contribution is 2.46. The molecule has 1 saturated carbocycles. The second kappa shape index (κ2) is 7.26. The van der Waals surface area contributed by atoms with Gasteiger partial charge in [-0.3, -0.25) is 14.3 Å². The van der Waals surface area contributed by atoms with Crippen LogP contribution < -0.4 is 5.69 Å². The van der Waals surface area contributed by atoms with Crippen molar-refractivity contribution in [3.8, 4) is 0 Å². The van der Waals surface area contributed by atoms with Crippen molar-refractivity contribution in [1.82, 2.24) is 19.4 Å². The Kier molecular flexibility index (Phi) is 4.52. The van der Waals surface area contributed by atoms with Crippen LogP contribution in [0.2, 0.25) is 0 Å². The van der Waals surface area contributed by atoms with Crippen molar-refractivity contribution in [3.05, 3.63) is 34.7 Å². The molecule has 4 atom stereocenters. The number of hydrogen-bond donors (Lipinski definition) is 1. The lowest BCUT2D eigenvalue weighted by atomic mass is 9.74. The zero-order valence-electron chi connectivity index (χ0n) is 17.6. The van der Waals surface area contributed by atoms with Crippen LogP contribution in [0.15, 0.2) is 29.1 Å². The Morgan fingerprint density at radius 1 is 1.00 bits per heavy atom. The van der Waals surface area contributed by atoms with Gasteiger partial charge in [0.1, 0.15) is 0 Å². The van der Waals surface area contributed by atoms with E-state index in [2.05, 4.69) is 14.8 Å². The number of imidazole rings is 1. The van der Waals surface area contributed by atoms with E-state index in [-0.39, 0.29) is 11.6 Å². The number of rotatable bonds is 4. The number of benzene rings is 1. The standard InChI is InChI=1S/C24H32N4O2/c29-23(10-11-27-22-5-2-1-4-19(22)25-24(27)30)26-13-16-12-18(15-26)21-7-3-6-20(17-8-9-17)28(21)14-16/h1-2,4-5,16-18,20-21H,3,6-15H2,(H,25,30)/t16-,18+,20+,21-/m0/s1. The molecule has 1 N–H and O–H groups in total. The molecule has 2 bridgehead atoms. The van der Waals surface area contributed by atoms with Crippen molar-refractivity contribution in [2.45, 2.75) is 63.6 Å². The third-order valence-electron chi connectivity index (χ3n) is 8.18. The maximum absolute atomic E-state index is 13.1. The van der Waals surface area contributed by atoms with Gasteiger partial charge in [0.05, 0.1) is 11.0 Å². The number of nitrogens with one attached hydrogen (secondary N) is 1. The smallest absolute Gasteiger partial charge is 0.326 e. The summed E-state index contributed by atoms with van der Waals surface area (Å²) in [5.41, 5.74) is 1.60. The number of piperidine rings is 3. The first-order valence-electron chi connectivity index (χ1n) is 11.9. The zero-order valence-corrected chi connectivity index (χ0v) is 17.6. The molecule has 160 valence electrons. The lowest BCUT2D eigenvalue weighted by molar-refractivity contribution is -0.139. The monoisotopic (exact) mass is 408 g/mol. The van der Waals surface area contributed by atoms with E-state index >= 15 is 0 Å². The van der Waals surface area contributed by atoms with E-state index in [1.807, 2.05) is 24.3 Å². The highest BCUT2D eigenvalue weighted by molar-refractivity contribution is 5.77. The number of aryl methyl sites for hydroxylation is 1. The molecule has 6 heteroatoms. The molecular formula is C24H32N4O2.